The van der Waals surface area contributed by atoms with E-state index in [9.17, 15) is 9.59 Å². The van der Waals surface area contributed by atoms with Crippen molar-refractivity contribution >= 4 is 25.6 Å². The molecule has 1 N–H and O–H groups in total. The van der Waals surface area contributed by atoms with Crippen LogP contribution in [-0.4, -0.2) is 54.8 Å². The summed E-state index contributed by atoms with van der Waals surface area (Å²) in [7, 11) is 0. The summed E-state index contributed by atoms with van der Waals surface area (Å²) in [5.41, 5.74) is -0.355. The summed E-state index contributed by atoms with van der Waals surface area (Å²) in [6.07, 6.45) is 2.36. The monoisotopic (exact) mass is 346 g/mol. The fourth-order valence-corrected chi connectivity index (χ4v) is 3.20. The molecule has 0 bridgehead atoms. The number of hydrogen-bond acceptors (Lipinski definition) is 5. The summed E-state index contributed by atoms with van der Waals surface area (Å²) in [6, 6.07) is -0.201. The number of hydrogen-bond donors (Lipinski definition) is 1. The first kappa shape index (κ1) is 20.1. The molecule has 2 aliphatic rings. The van der Waals surface area contributed by atoms with E-state index in [4.69, 9.17) is 9.47 Å². The van der Waals surface area contributed by atoms with Crippen molar-refractivity contribution in [3.8, 4) is 0 Å². The van der Waals surface area contributed by atoms with Crippen molar-refractivity contribution < 1.29 is 19.1 Å². The SMILES string of the molecule is CCOC(=O)[C@@H]1CC2(CCN(C(=O)OC(C)(C)C)CC2)CN1.S. The Morgan fingerprint density at radius 1 is 1.26 bits per heavy atom. The van der Waals surface area contributed by atoms with Gasteiger partial charge >= 0.3 is 12.1 Å². The van der Waals surface area contributed by atoms with Crippen LogP contribution in [0, 0.1) is 5.41 Å². The smallest absolute Gasteiger partial charge is 0.410 e. The van der Waals surface area contributed by atoms with Gasteiger partial charge in [0.05, 0.1) is 6.61 Å². The molecule has 0 saturated carbocycles. The fourth-order valence-electron chi connectivity index (χ4n) is 3.20. The van der Waals surface area contributed by atoms with Crippen LogP contribution in [0.4, 0.5) is 4.79 Å². The molecule has 2 aliphatic heterocycles. The van der Waals surface area contributed by atoms with Crippen molar-refractivity contribution in [1.29, 1.82) is 0 Å². The van der Waals surface area contributed by atoms with Crippen LogP contribution in [-0.2, 0) is 14.3 Å². The lowest BCUT2D eigenvalue weighted by atomic mass is 9.76. The number of likely N-dealkylation sites (tertiary alicyclic amines) is 1. The number of rotatable bonds is 2. The molecule has 134 valence electrons. The summed E-state index contributed by atoms with van der Waals surface area (Å²) in [5.74, 6) is -0.158. The first-order valence-corrected chi connectivity index (χ1v) is 8.13. The molecule has 1 spiro atoms. The summed E-state index contributed by atoms with van der Waals surface area (Å²) in [4.78, 5) is 25.7. The Morgan fingerprint density at radius 3 is 2.39 bits per heavy atom. The van der Waals surface area contributed by atoms with Gasteiger partial charge in [-0.05, 0) is 52.4 Å². The molecule has 0 aromatic heterocycles. The predicted octanol–water partition coefficient (Wildman–Crippen LogP) is 2.04. The summed E-state index contributed by atoms with van der Waals surface area (Å²) < 4.78 is 10.5. The van der Waals surface area contributed by atoms with Gasteiger partial charge in [0.1, 0.15) is 11.6 Å². The number of nitrogens with one attached hydrogen (secondary N) is 1. The molecule has 6 nitrogen and oxygen atoms in total. The van der Waals surface area contributed by atoms with Crippen molar-refractivity contribution in [3.63, 3.8) is 0 Å². The zero-order valence-corrected chi connectivity index (χ0v) is 15.6. The average molecular weight is 346 g/mol. The second-order valence-electron chi connectivity index (χ2n) is 7.36. The second kappa shape index (κ2) is 7.75. The van der Waals surface area contributed by atoms with E-state index in [2.05, 4.69) is 5.32 Å². The molecule has 2 saturated heterocycles. The van der Waals surface area contributed by atoms with Crippen molar-refractivity contribution in [2.45, 2.75) is 58.6 Å². The van der Waals surface area contributed by atoms with E-state index < -0.39 is 5.60 Å². The van der Waals surface area contributed by atoms with Crippen molar-refractivity contribution in [2.24, 2.45) is 5.41 Å². The quantitative estimate of drug-likeness (QED) is 0.775. The molecule has 2 fully saturated rings. The molecule has 0 unspecified atom stereocenters. The van der Waals surface area contributed by atoms with Gasteiger partial charge in [0, 0.05) is 19.6 Å². The zero-order valence-electron chi connectivity index (χ0n) is 14.6. The van der Waals surface area contributed by atoms with Crippen LogP contribution >= 0.6 is 13.5 Å². The minimum atomic E-state index is -0.462. The summed E-state index contributed by atoms with van der Waals surface area (Å²) in [6.45, 7) is 10.1. The molecule has 7 heteroatoms. The molecule has 0 aromatic carbocycles. The number of ether oxygens (including phenoxy) is 2. The van der Waals surface area contributed by atoms with Gasteiger partial charge in [-0.15, -0.1) is 0 Å². The predicted molar refractivity (Wildman–Crippen MR) is 92.9 cm³/mol. The lowest BCUT2D eigenvalue weighted by Crippen LogP contribution is -2.45. The Morgan fingerprint density at radius 2 is 1.87 bits per heavy atom. The van der Waals surface area contributed by atoms with Gasteiger partial charge in [-0.3, -0.25) is 4.79 Å². The van der Waals surface area contributed by atoms with Crippen LogP contribution in [0.5, 0.6) is 0 Å². The van der Waals surface area contributed by atoms with E-state index in [0.29, 0.717) is 19.7 Å². The van der Waals surface area contributed by atoms with E-state index in [1.807, 2.05) is 27.7 Å². The Labute approximate surface area is 145 Å². The highest BCUT2D eigenvalue weighted by Gasteiger charge is 2.45. The van der Waals surface area contributed by atoms with Crippen molar-refractivity contribution in [1.82, 2.24) is 10.2 Å². The molecule has 2 heterocycles. The van der Waals surface area contributed by atoms with Crippen LogP contribution in [0.3, 0.4) is 0 Å². The van der Waals surface area contributed by atoms with E-state index >= 15 is 0 Å². The molecule has 23 heavy (non-hydrogen) atoms. The van der Waals surface area contributed by atoms with Gasteiger partial charge in [0.15, 0.2) is 0 Å². The Hall–Kier alpha value is -0.950. The van der Waals surface area contributed by atoms with E-state index in [-0.39, 0.29) is 37.0 Å². The molecule has 0 aromatic rings. The maximum Gasteiger partial charge on any atom is 0.410 e. The van der Waals surface area contributed by atoms with Gasteiger partial charge in [0.25, 0.3) is 0 Å². The third-order valence-corrected chi connectivity index (χ3v) is 4.41. The topological polar surface area (TPSA) is 67.9 Å². The van der Waals surface area contributed by atoms with Gasteiger partial charge in [-0.2, -0.15) is 13.5 Å². The van der Waals surface area contributed by atoms with Crippen LogP contribution in [0.25, 0.3) is 0 Å². The number of esters is 1. The van der Waals surface area contributed by atoms with Crippen LogP contribution in [0.15, 0.2) is 0 Å². The van der Waals surface area contributed by atoms with Gasteiger partial charge in [-0.1, -0.05) is 0 Å². The van der Waals surface area contributed by atoms with Gasteiger partial charge < -0.3 is 19.7 Å². The molecule has 0 aliphatic carbocycles. The minimum absolute atomic E-state index is 0. The Kier molecular flexibility index (Phi) is 6.77. The van der Waals surface area contributed by atoms with Gasteiger partial charge in [0.2, 0.25) is 0 Å². The molecule has 1 amide bonds. The number of carbonyl (C=O) groups is 2. The number of amides is 1. The first-order valence-electron chi connectivity index (χ1n) is 8.13. The average Bonchev–Trinajstić information content (AvgIpc) is 2.82. The largest absolute Gasteiger partial charge is 0.465 e. The maximum atomic E-state index is 12.1. The number of nitrogens with zero attached hydrogens (tertiary/aromatic N) is 1. The molecular formula is C16H30N2O4S. The highest BCUT2D eigenvalue weighted by Crippen LogP contribution is 2.39. The summed E-state index contributed by atoms with van der Waals surface area (Å²) >= 11 is 0. The van der Waals surface area contributed by atoms with Crippen LogP contribution in [0.1, 0.15) is 47.0 Å². The normalized spacial score (nSPS) is 23.3. The van der Waals surface area contributed by atoms with Crippen LogP contribution in [0.2, 0.25) is 0 Å². The van der Waals surface area contributed by atoms with E-state index in [1.54, 1.807) is 4.90 Å². The van der Waals surface area contributed by atoms with E-state index in [1.165, 1.54) is 0 Å². The lowest BCUT2D eigenvalue weighted by molar-refractivity contribution is -0.145. The molecule has 0 radical (unpaired) electrons. The zero-order chi connectivity index (χ0) is 16.4. The van der Waals surface area contributed by atoms with E-state index in [0.717, 1.165) is 25.8 Å². The number of carbonyl (C=O) groups excluding carboxylic acids is 2. The Balaban J connectivity index is 0.00000264. The van der Waals surface area contributed by atoms with Crippen LogP contribution < -0.4 is 5.32 Å². The Bertz CT molecular complexity index is 428. The fraction of sp³-hybridized carbons (Fsp3) is 0.875. The maximum absolute atomic E-state index is 12.1. The standard InChI is InChI=1S/C16H28N2O4.H2S/c1-5-21-13(19)12-10-16(11-17-12)6-8-18(9-7-16)14(20)22-15(2,3)4;/h12,17H,5-11H2,1-4H3;1H2/t12-;/m0./s1. The highest BCUT2D eigenvalue weighted by atomic mass is 32.1. The third-order valence-electron chi connectivity index (χ3n) is 4.41. The summed E-state index contributed by atoms with van der Waals surface area (Å²) in [5, 5.41) is 3.27. The second-order valence-corrected chi connectivity index (χ2v) is 7.36. The highest BCUT2D eigenvalue weighted by molar-refractivity contribution is 7.59. The third kappa shape index (κ3) is 5.28. The molecule has 1 atom stereocenters. The minimum Gasteiger partial charge on any atom is -0.465 e. The van der Waals surface area contributed by atoms with Crippen molar-refractivity contribution in [2.75, 3.05) is 26.2 Å². The van der Waals surface area contributed by atoms with Gasteiger partial charge in [-0.25, -0.2) is 4.79 Å². The molecular weight excluding hydrogens is 316 g/mol. The first-order chi connectivity index (χ1) is 10.2. The lowest BCUT2D eigenvalue weighted by Gasteiger charge is -2.39. The molecule has 2 rings (SSSR count). The van der Waals surface area contributed by atoms with Crippen molar-refractivity contribution in [3.05, 3.63) is 0 Å². The number of piperidine rings is 1.